The molecule has 1 saturated heterocycles. The van der Waals surface area contributed by atoms with Gasteiger partial charge in [-0.05, 0) is 48.5 Å². The molecule has 1 aliphatic heterocycles. The molecule has 4 aromatic rings. The van der Waals surface area contributed by atoms with Crippen LogP contribution >= 0.6 is 23.2 Å². The summed E-state index contributed by atoms with van der Waals surface area (Å²) in [6.45, 7) is 0.841. The second-order valence-electron chi connectivity index (χ2n) is 8.42. The molecule has 2 heterocycles. The second kappa shape index (κ2) is 10.8. The number of para-hydroxylation sites is 1. The summed E-state index contributed by atoms with van der Waals surface area (Å²) in [6, 6.07) is 20.9. The Labute approximate surface area is 223 Å². The van der Waals surface area contributed by atoms with E-state index in [4.69, 9.17) is 37.4 Å². The maximum atomic E-state index is 11.9. The molecular formula is C27H23Cl2N3O5. The van der Waals surface area contributed by atoms with E-state index >= 15 is 0 Å². The molecule has 2 atom stereocenters. The molecule has 1 aromatic heterocycles. The third kappa shape index (κ3) is 5.57. The van der Waals surface area contributed by atoms with Gasteiger partial charge in [0.1, 0.15) is 18.5 Å². The van der Waals surface area contributed by atoms with Crippen molar-refractivity contribution in [2.45, 2.75) is 18.4 Å². The van der Waals surface area contributed by atoms with E-state index < -0.39 is 11.9 Å². The number of amides is 1. The summed E-state index contributed by atoms with van der Waals surface area (Å²) in [5.74, 6) is -0.569. The molecule has 0 aliphatic carbocycles. The predicted octanol–water partition coefficient (Wildman–Crippen LogP) is 6.35. The number of benzene rings is 3. The molecular weight excluding hydrogens is 517 g/mol. The smallest absolute Gasteiger partial charge is 0.416 e. The van der Waals surface area contributed by atoms with Gasteiger partial charge in [0.15, 0.2) is 0 Å². The topological polar surface area (TPSA) is 86.0 Å². The monoisotopic (exact) mass is 539 g/mol. The fourth-order valence-corrected chi connectivity index (χ4v) is 4.76. The average Bonchev–Trinajstić information content (AvgIpc) is 3.55. The van der Waals surface area contributed by atoms with Crippen molar-refractivity contribution in [3.63, 3.8) is 0 Å². The summed E-state index contributed by atoms with van der Waals surface area (Å²) in [5, 5.41) is 10.7. The number of anilines is 2. The molecule has 10 heteroatoms. The molecule has 5 rings (SSSR count). The fraction of sp³-hybridized carbons (Fsp3) is 0.185. The lowest BCUT2D eigenvalue weighted by Gasteiger charge is -2.30. The zero-order valence-corrected chi connectivity index (χ0v) is 21.0. The van der Waals surface area contributed by atoms with Crippen molar-refractivity contribution in [1.82, 2.24) is 9.55 Å². The van der Waals surface area contributed by atoms with E-state index in [0.717, 1.165) is 0 Å². The van der Waals surface area contributed by atoms with E-state index in [9.17, 15) is 9.90 Å². The first kappa shape index (κ1) is 25.1. The molecule has 190 valence electrons. The summed E-state index contributed by atoms with van der Waals surface area (Å²) in [6.07, 6.45) is 3.72. The summed E-state index contributed by atoms with van der Waals surface area (Å²) < 4.78 is 20.4. The van der Waals surface area contributed by atoms with Crippen LogP contribution in [0.3, 0.4) is 0 Å². The Morgan fingerprint density at radius 3 is 2.54 bits per heavy atom. The highest BCUT2D eigenvalue weighted by molar-refractivity contribution is 6.35. The van der Waals surface area contributed by atoms with Crippen molar-refractivity contribution in [1.29, 1.82) is 0 Å². The molecule has 1 aliphatic rings. The van der Waals surface area contributed by atoms with Crippen molar-refractivity contribution >= 4 is 40.7 Å². The number of ether oxygens (including phenoxy) is 3. The molecule has 8 nitrogen and oxygen atoms in total. The number of hydrogen-bond donors (Lipinski definition) is 1. The van der Waals surface area contributed by atoms with Gasteiger partial charge in [-0.1, -0.05) is 47.5 Å². The number of imidazole rings is 1. The Balaban J connectivity index is 1.28. The third-order valence-electron chi connectivity index (χ3n) is 5.89. The Hall–Kier alpha value is -3.56. The van der Waals surface area contributed by atoms with Crippen molar-refractivity contribution < 1.29 is 24.1 Å². The van der Waals surface area contributed by atoms with Crippen LogP contribution in [0.4, 0.5) is 16.2 Å². The first-order chi connectivity index (χ1) is 17.9. The second-order valence-corrected chi connectivity index (χ2v) is 9.27. The van der Waals surface area contributed by atoms with E-state index in [0.29, 0.717) is 39.3 Å². The van der Waals surface area contributed by atoms with E-state index in [2.05, 4.69) is 4.98 Å². The molecule has 1 N–H and O–H groups in total. The molecule has 0 radical (unpaired) electrons. The fourth-order valence-electron chi connectivity index (χ4n) is 4.20. The van der Waals surface area contributed by atoms with Gasteiger partial charge in [0, 0.05) is 23.0 Å². The zero-order valence-electron chi connectivity index (χ0n) is 19.5. The molecule has 1 fully saturated rings. The summed E-state index contributed by atoms with van der Waals surface area (Å²) in [7, 11) is 0. The Kier molecular flexibility index (Phi) is 7.34. The minimum Gasteiger partial charge on any atom is -0.491 e. The summed E-state index contributed by atoms with van der Waals surface area (Å²) in [4.78, 5) is 17.2. The van der Waals surface area contributed by atoms with Crippen LogP contribution in [0.15, 0.2) is 91.5 Å². The zero-order chi connectivity index (χ0) is 25.8. The number of aromatic nitrogens is 2. The number of halogens is 2. The molecule has 0 bridgehead atoms. The van der Waals surface area contributed by atoms with Crippen LogP contribution in [0.25, 0.3) is 0 Å². The van der Waals surface area contributed by atoms with E-state index in [1.807, 2.05) is 16.8 Å². The highest BCUT2D eigenvalue weighted by Gasteiger charge is 2.45. The lowest BCUT2D eigenvalue weighted by Crippen LogP contribution is -2.34. The predicted molar refractivity (Wildman–Crippen MR) is 140 cm³/mol. The van der Waals surface area contributed by atoms with Gasteiger partial charge in [-0.2, -0.15) is 0 Å². The van der Waals surface area contributed by atoms with Crippen LogP contribution in [0.1, 0.15) is 5.56 Å². The Morgan fingerprint density at radius 2 is 1.86 bits per heavy atom. The van der Waals surface area contributed by atoms with Crippen molar-refractivity contribution in [2.75, 3.05) is 18.1 Å². The highest BCUT2D eigenvalue weighted by Crippen LogP contribution is 2.40. The average molecular weight is 540 g/mol. The van der Waals surface area contributed by atoms with Gasteiger partial charge >= 0.3 is 6.09 Å². The van der Waals surface area contributed by atoms with Gasteiger partial charge in [-0.3, -0.25) is 0 Å². The standard InChI is InChI=1S/C27H23Cl2N3O5/c28-19-6-11-24(25(29)14-19)27(17-31-13-12-30-18-31)36-16-23(37-27)15-35-22-9-7-21(8-10-22)32(26(33)34)20-4-2-1-3-5-20/h1-14,18,23H,15-17H2,(H,33,34)/t23-,27-/m1/s1. The van der Waals surface area contributed by atoms with Gasteiger partial charge in [0.25, 0.3) is 0 Å². The lowest BCUT2D eigenvalue weighted by molar-refractivity contribution is -0.189. The lowest BCUT2D eigenvalue weighted by atomic mass is 10.1. The largest absolute Gasteiger partial charge is 0.491 e. The van der Waals surface area contributed by atoms with Crippen LogP contribution in [-0.2, 0) is 21.8 Å². The number of carboxylic acid groups (broad SMARTS) is 1. The number of rotatable bonds is 8. The summed E-state index contributed by atoms with van der Waals surface area (Å²) >= 11 is 12.6. The van der Waals surface area contributed by atoms with Crippen LogP contribution in [0.2, 0.25) is 10.0 Å². The van der Waals surface area contributed by atoms with Crippen LogP contribution in [0.5, 0.6) is 5.75 Å². The quantitative estimate of drug-likeness (QED) is 0.280. The van der Waals surface area contributed by atoms with Gasteiger partial charge in [0.05, 0.1) is 35.9 Å². The maximum absolute atomic E-state index is 11.9. The number of nitrogens with zero attached hydrogens (tertiary/aromatic N) is 3. The first-order valence-electron chi connectivity index (χ1n) is 11.5. The minimum atomic E-state index is -1.14. The highest BCUT2D eigenvalue weighted by atomic mass is 35.5. The molecule has 3 aromatic carbocycles. The van der Waals surface area contributed by atoms with Crippen LogP contribution in [0, 0.1) is 0 Å². The van der Waals surface area contributed by atoms with Gasteiger partial charge < -0.3 is 23.9 Å². The Bertz CT molecular complexity index is 1350. The molecule has 37 heavy (non-hydrogen) atoms. The molecule has 0 saturated carbocycles. The first-order valence-corrected chi connectivity index (χ1v) is 12.2. The van der Waals surface area contributed by atoms with Crippen LogP contribution in [-0.4, -0.2) is 40.1 Å². The van der Waals surface area contributed by atoms with Crippen molar-refractivity contribution in [2.24, 2.45) is 0 Å². The van der Waals surface area contributed by atoms with Crippen LogP contribution < -0.4 is 9.64 Å². The normalized spacial score (nSPS) is 19.0. The number of carbonyl (C=O) groups is 1. The Morgan fingerprint density at radius 1 is 1.11 bits per heavy atom. The summed E-state index contributed by atoms with van der Waals surface area (Å²) in [5.41, 5.74) is 1.72. The minimum absolute atomic E-state index is 0.220. The van der Waals surface area contributed by atoms with Gasteiger partial charge in [-0.25, -0.2) is 14.7 Å². The van der Waals surface area contributed by atoms with E-state index in [1.165, 1.54) is 4.90 Å². The van der Waals surface area contributed by atoms with E-state index in [1.54, 1.807) is 79.3 Å². The van der Waals surface area contributed by atoms with E-state index in [-0.39, 0.29) is 19.3 Å². The molecule has 0 unspecified atom stereocenters. The van der Waals surface area contributed by atoms with Gasteiger partial charge in [0.2, 0.25) is 5.79 Å². The van der Waals surface area contributed by atoms with Crippen molar-refractivity contribution in [3.8, 4) is 5.75 Å². The van der Waals surface area contributed by atoms with Crippen molar-refractivity contribution in [3.05, 3.63) is 107 Å². The maximum Gasteiger partial charge on any atom is 0.416 e. The van der Waals surface area contributed by atoms with Gasteiger partial charge in [-0.15, -0.1) is 0 Å². The number of hydrogen-bond acceptors (Lipinski definition) is 5. The molecule has 1 amide bonds. The molecule has 0 spiro atoms. The SMILES string of the molecule is O=C(O)N(c1ccccc1)c1ccc(OC[C@@H]2CO[C@@](Cn3ccnc3)(c3ccc(Cl)cc3Cl)O2)cc1. The third-order valence-corrected chi connectivity index (χ3v) is 6.44.